The highest BCUT2D eigenvalue weighted by atomic mass is 16.4. The molecule has 0 saturated heterocycles. The lowest BCUT2D eigenvalue weighted by atomic mass is 9.79. The van der Waals surface area contributed by atoms with Gasteiger partial charge in [-0.15, -0.1) is 0 Å². The van der Waals surface area contributed by atoms with E-state index in [0.717, 1.165) is 10.9 Å². The fourth-order valence-electron chi connectivity index (χ4n) is 3.04. The van der Waals surface area contributed by atoms with E-state index in [9.17, 15) is 19.5 Å². The van der Waals surface area contributed by atoms with Gasteiger partial charge in [-0.3, -0.25) is 9.59 Å². The summed E-state index contributed by atoms with van der Waals surface area (Å²) in [5.74, 6) is -1.53. The molecule has 0 aliphatic carbocycles. The minimum atomic E-state index is -1.36. The number of amides is 1. The molecule has 0 aliphatic rings. The summed E-state index contributed by atoms with van der Waals surface area (Å²) in [6.07, 6.45) is -0.234. The van der Waals surface area contributed by atoms with Crippen LogP contribution in [-0.2, 0) is 15.0 Å². The number of nitrogens with one attached hydrogen (secondary N) is 1. The third kappa shape index (κ3) is 3.74. The minimum absolute atomic E-state index is 0.234. The summed E-state index contributed by atoms with van der Waals surface area (Å²) in [4.78, 5) is 35.9. The normalized spacial score (nSPS) is 13.1. The number of aliphatic carboxylic acids is 1. The molecule has 2 aromatic carbocycles. The maximum Gasteiger partial charge on any atom is 0.336 e. The first-order chi connectivity index (χ1) is 12.8. The van der Waals surface area contributed by atoms with Crippen molar-refractivity contribution in [1.29, 1.82) is 0 Å². The van der Waals surface area contributed by atoms with Crippen molar-refractivity contribution in [3.05, 3.63) is 76.1 Å². The number of anilines is 1. The number of carboxylic acids is 1. The summed E-state index contributed by atoms with van der Waals surface area (Å²) in [5, 5.41) is 13.1. The standard InChI is InChI=1S/C21H19NO5/c1-13-10-19(24)27-17-11-15(8-9-16(13)17)22-18(23)12-21(2,20(25)26)14-6-4-3-5-7-14/h3-11H,12H2,1-2H3,(H,22,23)(H,25,26). The van der Waals surface area contributed by atoms with Crippen LogP contribution in [0, 0.1) is 6.92 Å². The zero-order valence-electron chi connectivity index (χ0n) is 15.0. The van der Waals surface area contributed by atoms with E-state index in [1.54, 1.807) is 55.5 Å². The Kier molecular flexibility index (Phi) is 4.81. The van der Waals surface area contributed by atoms with Gasteiger partial charge in [-0.05, 0) is 37.1 Å². The van der Waals surface area contributed by atoms with Crippen LogP contribution in [0.3, 0.4) is 0 Å². The van der Waals surface area contributed by atoms with Crippen molar-refractivity contribution in [1.82, 2.24) is 0 Å². The van der Waals surface area contributed by atoms with E-state index in [1.807, 2.05) is 0 Å². The molecule has 0 spiro atoms. The molecule has 1 atom stereocenters. The number of carbonyl (C=O) groups excluding carboxylic acids is 1. The third-order valence-electron chi connectivity index (χ3n) is 4.63. The fourth-order valence-corrected chi connectivity index (χ4v) is 3.04. The highest BCUT2D eigenvalue weighted by Gasteiger charge is 2.37. The first kappa shape index (κ1) is 18.4. The first-order valence-electron chi connectivity index (χ1n) is 8.43. The molecule has 6 heteroatoms. The van der Waals surface area contributed by atoms with Crippen LogP contribution in [0.5, 0.6) is 0 Å². The molecule has 1 aromatic heterocycles. The highest BCUT2D eigenvalue weighted by Crippen LogP contribution is 2.29. The van der Waals surface area contributed by atoms with Crippen LogP contribution < -0.4 is 10.9 Å². The number of carboxylic acid groups (broad SMARTS) is 1. The molecule has 138 valence electrons. The predicted octanol–water partition coefficient (Wildman–Crippen LogP) is 3.47. The molecule has 0 bridgehead atoms. The van der Waals surface area contributed by atoms with E-state index in [0.29, 0.717) is 16.8 Å². The van der Waals surface area contributed by atoms with E-state index < -0.39 is 22.9 Å². The van der Waals surface area contributed by atoms with Gasteiger partial charge in [0.15, 0.2) is 0 Å². The molecule has 6 nitrogen and oxygen atoms in total. The van der Waals surface area contributed by atoms with E-state index in [4.69, 9.17) is 4.42 Å². The Labute approximate surface area is 155 Å². The average molecular weight is 365 g/mol. The van der Waals surface area contributed by atoms with Crippen LogP contribution in [0.25, 0.3) is 11.0 Å². The Morgan fingerprint density at radius 2 is 1.81 bits per heavy atom. The monoisotopic (exact) mass is 365 g/mol. The second-order valence-electron chi connectivity index (χ2n) is 6.69. The molecule has 0 saturated carbocycles. The molecule has 1 unspecified atom stereocenters. The molecular weight excluding hydrogens is 346 g/mol. The summed E-state index contributed by atoms with van der Waals surface area (Å²) < 4.78 is 5.17. The Bertz CT molecular complexity index is 1070. The summed E-state index contributed by atoms with van der Waals surface area (Å²) in [5.41, 5.74) is 0.301. The Morgan fingerprint density at radius 3 is 2.48 bits per heavy atom. The van der Waals surface area contributed by atoms with Crippen molar-refractivity contribution in [3.63, 3.8) is 0 Å². The lowest BCUT2D eigenvalue weighted by Crippen LogP contribution is -2.36. The van der Waals surface area contributed by atoms with Gasteiger partial charge < -0.3 is 14.8 Å². The van der Waals surface area contributed by atoms with Gasteiger partial charge in [-0.2, -0.15) is 0 Å². The van der Waals surface area contributed by atoms with Crippen LogP contribution in [0.1, 0.15) is 24.5 Å². The van der Waals surface area contributed by atoms with E-state index in [1.165, 1.54) is 13.0 Å². The zero-order chi connectivity index (χ0) is 19.6. The fraction of sp³-hybridized carbons (Fsp3) is 0.190. The summed E-state index contributed by atoms with van der Waals surface area (Å²) in [6.45, 7) is 3.32. The Morgan fingerprint density at radius 1 is 1.11 bits per heavy atom. The number of carbonyl (C=O) groups is 2. The van der Waals surface area contributed by atoms with Gasteiger partial charge in [0.1, 0.15) is 5.58 Å². The minimum Gasteiger partial charge on any atom is -0.481 e. The van der Waals surface area contributed by atoms with Crippen molar-refractivity contribution >= 4 is 28.5 Å². The lowest BCUT2D eigenvalue weighted by molar-refractivity contribution is -0.145. The maximum atomic E-state index is 12.5. The molecule has 3 rings (SSSR count). The molecule has 0 aliphatic heterocycles. The largest absolute Gasteiger partial charge is 0.481 e. The molecule has 2 N–H and O–H groups in total. The van der Waals surface area contributed by atoms with Crippen LogP contribution in [0.2, 0.25) is 0 Å². The van der Waals surface area contributed by atoms with E-state index in [2.05, 4.69) is 5.32 Å². The van der Waals surface area contributed by atoms with Gasteiger partial charge in [-0.1, -0.05) is 30.3 Å². The van der Waals surface area contributed by atoms with Gasteiger partial charge in [0, 0.05) is 29.6 Å². The van der Waals surface area contributed by atoms with Crippen molar-refractivity contribution < 1.29 is 19.1 Å². The summed E-state index contributed by atoms with van der Waals surface area (Å²) in [7, 11) is 0. The van der Waals surface area contributed by atoms with Crippen molar-refractivity contribution in [3.8, 4) is 0 Å². The highest BCUT2D eigenvalue weighted by molar-refractivity contribution is 5.97. The SMILES string of the molecule is Cc1cc(=O)oc2cc(NC(=O)CC(C)(C(=O)O)c3ccccc3)ccc12. The number of hydrogen-bond donors (Lipinski definition) is 2. The van der Waals surface area contributed by atoms with E-state index >= 15 is 0 Å². The number of rotatable bonds is 5. The maximum absolute atomic E-state index is 12.5. The molecule has 1 heterocycles. The number of aryl methyl sites for hydroxylation is 1. The quantitative estimate of drug-likeness (QED) is 0.675. The molecular formula is C21H19NO5. The third-order valence-corrected chi connectivity index (χ3v) is 4.63. The summed E-state index contributed by atoms with van der Waals surface area (Å²) in [6, 6.07) is 15.0. The van der Waals surface area contributed by atoms with Crippen molar-refractivity contribution in [2.45, 2.75) is 25.7 Å². The summed E-state index contributed by atoms with van der Waals surface area (Å²) >= 11 is 0. The molecule has 3 aromatic rings. The zero-order valence-corrected chi connectivity index (χ0v) is 15.0. The van der Waals surface area contributed by atoms with Gasteiger partial charge in [0.2, 0.25) is 5.91 Å². The number of benzene rings is 2. The van der Waals surface area contributed by atoms with Gasteiger partial charge >= 0.3 is 11.6 Å². The van der Waals surface area contributed by atoms with Crippen molar-refractivity contribution in [2.24, 2.45) is 0 Å². The Balaban J connectivity index is 1.85. The molecule has 1 amide bonds. The second-order valence-corrected chi connectivity index (χ2v) is 6.69. The van der Waals surface area contributed by atoms with Gasteiger partial charge in [0.05, 0.1) is 5.41 Å². The number of fused-ring (bicyclic) bond motifs is 1. The lowest BCUT2D eigenvalue weighted by Gasteiger charge is -2.24. The van der Waals surface area contributed by atoms with E-state index in [-0.39, 0.29) is 6.42 Å². The second kappa shape index (κ2) is 7.07. The molecule has 27 heavy (non-hydrogen) atoms. The molecule has 0 fully saturated rings. The number of hydrogen-bond acceptors (Lipinski definition) is 4. The first-order valence-corrected chi connectivity index (χ1v) is 8.43. The van der Waals surface area contributed by atoms with Crippen LogP contribution in [0.15, 0.2) is 63.8 Å². The Hall–Kier alpha value is -3.41. The smallest absolute Gasteiger partial charge is 0.336 e. The average Bonchev–Trinajstić information content (AvgIpc) is 2.61. The van der Waals surface area contributed by atoms with Gasteiger partial charge in [-0.25, -0.2) is 4.79 Å². The topological polar surface area (TPSA) is 96.6 Å². The van der Waals surface area contributed by atoms with Crippen LogP contribution in [0.4, 0.5) is 5.69 Å². The molecule has 0 radical (unpaired) electrons. The predicted molar refractivity (Wildman–Crippen MR) is 102 cm³/mol. The van der Waals surface area contributed by atoms with Crippen molar-refractivity contribution in [2.75, 3.05) is 5.32 Å². The van der Waals surface area contributed by atoms with Gasteiger partial charge in [0.25, 0.3) is 0 Å². The van der Waals surface area contributed by atoms with Crippen LogP contribution in [-0.4, -0.2) is 17.0 Å². The van der Waals surface area contributed by atoms with Crippen LogP contribution >= 0.6 is 0 Å².